The Kier molecular flexibility index (Phi) is 4.78. The molecule has 0 atom stereocenters. The number of rotatable bonds is 3. The second-order valence-corrected chi connectivity index (χ2v) is 7.25. The molecule has 5 nitrogen and oxygen atoms in total. The van der Waals surface area contributed by atoms with Crippen LogP contribution in [0.25, 0.3) is 0 Å². The second-order valence-electron chi connectivity index (χ2n) is 7.25. The summed E-state index contributed by atoms with van der Waals surface area (Å²) in [6.45, 7) is 3.10. The minimum Gasteiger partial charge on any atom is -0.353 e. The molecule has 26 heavy (non-hydrogen) atoms. The Morgan fingerprint density at radius 1 is 0.923 bits per heavy atom. The first-order valence-corrected chi connectivity index (χ1v) is 9.55. The number of carbonyl (C=O) groups excluding carboxylic acids is 1. The number of urea groups is 1. The van der Waals surface area contributed by atoms with Crippen LogP contribution in [-0.2, 0) is 5.54 Å². The predicted octanol–water partition coefficient (Wildman–Crippen LogP) is 3.38. The second kappa shape index (κ2) is 7.36. The molecule has 0 bridgehead atoms. The number of hydrogen-bond acceptors (Lipinski definition) is 3. The number of aromatic nitrogens is 1. The van der Waals surface area contributed by atoms with Crippen LogP contribution >= 0.6 is 0 Å². The molecule has 136 valence electrons. The van der Waals surface area contributed by atoms with Crippen LogP contribution < -0.4 is 10.2 Å². The van der Waals surface area contributed by atoms with Gasteiger partial charge in [-0.15, -0.1) is 0 Å². The van der Waals surface area contributed by atoms with Crippen LogP contribution in [-0.4, -0.2) is 42.1 Å². The van der Waals surface area contributed by atoms with E-state index in [1.165, 1.54) is 18.4 Å². The van der Waals surface area contributed by atoms with E-state index >= 15 is 0 Å². The van der Waals surface area contributed by atoms with Crippen molar-refractivity contribution in [2.45, 2.75) is 31.2 Å². The summed E-state index contributed by atoms with van der Waals surface area (Å²) in [6, 6.07) is 16.5. The lowest BCUT2D eigenvalue weighted by Gasteiger charge is -2.38. The van der Waals surface area contributed by atoms with E-state index in [4.69, 9.17) is 0 Å². The van der Waals surface area contributed by atoms with Gasteiger partial charge in [0, 0.05) is 32.4 Å². The fourth-order valence-corrected chi connectivity index (χ4v) is 4.18. The Hall–Kier alpha value is -2.56. The van der Waals surface area contributed by atoms with Crippen molar-refractivity contribution in [3.63, 3.8) is 0 Å². The number of anilines is 1. The molecule has 2 amide bonds. The molecule has 2 aromatic rings. The van der Waals surface area contributed by atoms with Crippen molar-refractivity contribution in [1.29, 1.82) is 0 Å². The smallest absolute Gasteiger partial charge is 0.318 e. The van der Waals surface area contributed by atoms with E-state index in [-0.39, 0.29) is 11.6 Å². The van der Waals surface area contributed by atoms with E-state index in [2.05, 4.69) is 39.5 Å². The third kappa shape index (κ3) is 3.39. The molecule has 1 aromatic carbocycles. The first-order valence-electron chi connectivity index (χ1n) is 9.55. The zero-order valence-corrected chi connectivity index (χ0v) is 15.1. The van der Waals surface area contributed by atoms with Crippen molar-refractivity contribution in [2.75, 3.05) is 31.1 Å². The van der Waals surface area contributed by atoms with Crippen molar-refractivity contribution in [3.05, 3.63) is 60.3 Å². The van der Waals surface area contributed by atoms with Gasteiger partial charge in [0.2, 0.25) is 0 Å². The van der Waals surface area contributed by atoms with Gasteiger partial charge in [0.25, 0.3) is 0 Å². The van der Waals surface area contributed by atoms with Crippen LogP contribution in [0, 0.1) is 0 Å². The maximum atomic E-state index is 13.0. The number of hydrogen-bond donors (Lipinski definition) is 1. The van der Waals surface area contributed by atoms with Crippen LogP contribution in [0.15, 0.2) is 54.7 Å². The van der Waals surface area contributed by atoms with E-state index in [9.17, 15) is 4.79 Å². The summed E-state index contributed by atoms with van der Waals surface area (Å²) in [5.74, 6) is 0.990. The van der Waals surface area contributed by atoms with E-state index in [1.54, 1.807) is 0 Å². The van der Waals surface area contributed by atoms with Gasteiger partial charge in [-0.05, 0) is 30.5 Å². The summed E-state index contributed by atoms with van der Waals surface area (Å²) < 4.78 is 0. The monoisotopic (exact) mass is 350 g/mol. The zero-order valence-electron chi connectivity index (χ0n) is 15.1. The highest BCUT2D eigenvalue weighted by atomic mass is 16.2. The van der Waals surface area contributed by atoms with Crippen LogP contribution in [0.5, 0.6) is 0 Å². The first kappa shape index (κ1) is 16.9. The molecule has 5 heteroatoms. The molecule has 0 spiro atoms. The molecule has 4 rings (SSSR count). The van der Waals surface area contributed by atoms with Gasteiger partial charge in [-0.25, -0.2) is 9.78 Å². The number of piperazine rings is 1. The fraction of sp³-hybridized carbons (Fsp3) is 0.429. The zero-order chi connectivity index (χ0) is 17.8. The van der Waals surface area contributed by atoms with Crippen molar-refractivity contribution in [1.82, 2.24) is 15.2 Å². The third-order valence-electron chi connectivity index (χ3n) is 5.67. The summed E-state index contributed by atoms with van der Waals surface area (Å²) in [6.07, 6.45) is 6.21. The normalized spacial score (nSPS) is 19.4. The first-order chi connectivity index (χ1) is 12.8. The van der Waals surface area contributed by atoms with Gasteiger partial charge < -0.3 is 15.1 Å². The van der Waals surface area contributed by atoms with Gasteiger partial charge in [0.15, 0.2) is 0 Å². The van der Waals surface area contributed by atoms with Crippen molar-refractivity contribution < 1.29 is 4.79 Å². The van der Waals surface area contributed by atoms with E-state index < -0.39 is 0 Å². The summed E-state index contributed by atoms with van der Waals surface area (Å²) >= 11 is 0. The van der Waals surface area contributed by atoms with Gasteiger partial charge in [-0.3, -0.25) is 0 Å². The lowest BCUT2D eigenvalue weighted by molar-refractivity contribution is 0.178. The number of carbonyl (C=O) groups is 1. The Bertz CT molecular complexity index is 720. The van der Waals surface area contributed by atoms with Crippen LogP contribution in [0.1, 0.15) is 31.2 Å². The highest BCUT2D eigenvalue weighted by Crippen LogP contribution is 2.38. The maximum absolute atomic E-state index is 13.0. The lowest BCUT2D eigenvalue weighted by Crippen LogP contribution is -2.56. The average molecular weight is 350 g/mol. The van der Waals surface area contributed by atoms with E-state index in [1.807, 2.05) is 35.4 Å². The third-order valence-corrected chi connectivity index (χ3v) is 5.67. The number of nitrogens with zero attached hydrogens (tertiary/aromatic N) is 3. The maximum Gasteiger partial charge on any atom is 0.318 e. The van der Waals surface area contributed by atoms with Gasteiger partial charge in [-0.1, -0.05) is 49.2 Å². The molecule has 1 N–H and O–H groups in total. The Morgan fingerprint density at radius 2 is 1.62 bits per heavy atom. The SMILES string of the molecule is O=C(NC1(c2ccccc2)CCCC1)N1CCN(c2ccccn2)CC1. The number of pyridine rings is 1. The molecule has 0 radical (unpaired) electrons. The van der Waals surface area contributed by atoms with Gasteiger partial charge >= 0.3 is 6.03 Å². The van der Waals surface area contributed by atoms with Gasteiger partial charge in [0.05, 0.1) is 5.54 Å². The molecule has 1 saturated heterocycles. The Morgan fingerprint density at radius 3 is 2.27 bits per heavy atom. The Labute approximate surface area is 155 Å². The summed E-state index contributed by atoms with van der Waals surface area (Å²) in [5, 5.41) is 3.39. The molecule has 1 aliphatic carbocycles. The van der Waals surface area contributed by atoms with Crippen molar-refractivity contribution in [3.8, 4) is 0 Å². The lowest BCUT2D eigenvalue weighted by atomic mass is 9.88. The highest BCUT2D eigenvalue weighted by Gasteiger charge is 2.38. The number of nitrogens with one attached hydrogen (secondary N) is 1. The standard InChI is InChI=1S/C21H26N4O/c26-20(23-21(11-5-6-12-21)18-8-2-1-3-9-18)25-16-14-24(15-17-25)19-10-4-7-13-22-19/h1-4,7-10,13H,5-6,11-12,14-17H2,(H,23,26). The van der Waals surface area contributed by atoms with E-state index in [0.29, 0.717) is 0 Å². The molecule has 1 aliphatic heterocycles. The summed E-state index contributed by atoms with van der Waals surface area (Å²) in [4.78, 5) is 21.6. The molecule has 2 aliphatic rings. The predicted molar refractivity (Wildman–Crippen MR) is 103 cm³/mol. The molecule has 1 saturated carbocycles. The average Bonchev–Trinajstić information content (AvgIpc) is 3.19. The summed E-state index contributed by atoms with van der Waals surface area (Å²) in [7, 11) is 0. The van der Waals surface area contributed by atoms with Crippen molar-refractivity contribution >= 4 is 11.8 Å². The van der Waals surface area contributed by atoms with E-state index in [0.717, 1.165) is 44.8 Å². The molecular formula is C21H26N4O. The minimum absolute atomic E-state index is 0.0661. The molecule has 1 aromatic heterocycles. The van der Waals surface area contributed by atoms with Crippen molar-refractivity contribution in [2.24, 2.45) is 0 Å². The molecule has 0 unspecified atom stereocenters. The van der Waals surface area contributed by atoms with Crippen LogP contribution in [0.4, 0.5) is 10.6 Å². The molecule has 2 fully saturated rings. The summed E-state index contributed by atoms with van der Waals surface area (Å²) in [5.41, 5.74) is 1.04. The Balaban J connectivity index is 1.40. The van der Waals surface area contributed by atoms with Gasteiger partial charge in [0.1, 0.15) is 5.82 Å². The molecule has 2 heterocycles. The van der Waals surface area contributed by atoms with Crippen LogP contribution in [0.3, 0.4) is 0 Å². The molecular weight excluding hydrogens is 324 g/mol. The number of amides is 2. The fourth-order valence-electron chi connectivity index (χ4n) is 4.18. The highest BCUT2D eigenvalue weighted by molar-refractivity contribution is 5.76. The topological polar surface area (TPSA) is 48.5 Å². The quantitative estimate of drug-likeness (QED) is 0.923. The van der Waals surface area contributed by atoms with Gasteiger partial charge in [-0.2, -0.15) is 0 Å². The minimum atomic E-state index is -0.198. The largest absolute Gasteiger partial charge is 0.353 e. The van der Waals surface area contributed by atoms with Crippen LogP contribution in [0.2, 0.25) is 0 Å². The number of benzene rings is 1.